The fourth-order valence-electron chi connectivity index (χ4n) is 4.91. The Balaban J connectivity index is 0.000000181. The van der Waals surface area contributed by atoms with Crippen LogP contribution in [0.1, 0.15) is 24.1 Å². The molecule has 1 N–H and O–H groups in total. The van der Waals surface area contributed by atoms with E-state index in [-0.39, 0.29) is 0 Å². The fraction of sp³-hybridized carbons (Fsp3) is 0.206. The summed E-state index contributed by atoms with van der Waals surface area (Å²) < 4.78 is 14.0. The fourth-order valence-corrected chi connectivity index (χ4v) is 4.91. The highest BCUT2D eigenvalue weighted by molar-refractivity contribution is 5.77. The van der Waals surface area contributed by atoms with E-state index in [0.717, 1.165) is 54.8 Å². The van der Waals surface area contributed by atoms with Gasteiger partial charge >= 0.3 is 5.97 Å². The molecule has 1 atom stereocenters. The number of carboxylic acids is 1. The number of piperazine rings is 1. The van der Waals surface area contributed by atoms with Crippen molar-refractivity contribution >= 4 is 17.7 Å². The van der Waals surface area contributed by atoms with E-state index in [4.69, 9.17) is 5.11 Å². The number of aromatic nitrogens is 4. The average Bonchev–Trinajstić information content (AvgIpc) is 3.06. The second kappa shape index (κ2) is 13.7. The summed E-state index contributed by atoms with van der Waals surface area (Å²) in [5.41, 5.74) is 4.97. The molecule has 0 aliphatic carbocycles. The van der Waals surface area contributed by atoms with E-state index in [2.05, 4.69) is 60.3 Å². The highest BCUT2D eigenvalue weighted by Gasteiger charge is 2.23. The number of carbonyl (C=O) groups is 1. The van der Waals surface area contributed by atoms with E-state index >= 15 is 0 Å². The van der Waals surface area contributed by atoms with Crippen molar-refractivity contribution in [3.05, 3.63) is 120 Å². The molecule has 2 aromatic heterocycles. The summed E-state index contributed by atoms with van der Waals surface area (Å²) in [4.78, 5) is 24.0. The van der Waals surface area contributed by atoms with Crippen molar-refractivity contribution in [2.45, 2.75) is 19.8 Å². The molecule has 1 saturated heterocycles. The van der Waals surface area contributed by atoms with Crippen LogP contribution in [0.5, 0.6) is 0 Å². The Labute approximate surface area is 250 Å². The summed E-state index contributed by atoms with van der Waals surface area (Å²) in [6, 6.07) is 28.1. The van der Waals surface area contributed by atoms with E-state index in [0.29, 0.717) is 11.1 Å². The molecule has 3 heterocycles. The molecule has 0 spiro atoms. The molecule has 0 bridgehead atoms. The molecule has 5 aromatic rings. The standard InChI is InChI=1S/C19H20N6.C15H13FO2/c1-15-14-17(16-6-3-2-4-7-16)18(23-22-15)24-10-12-25(13-11-24)19-20-8-5-9-21-19;1-10(15(17)18)12-7-8-13(14(16)9-12)11-5-3-2-4-6-11/h2-9,14H,10-13H2,1H3;2-10H,1H3,(H,17,18)/t;10-/m.1/s1. The van der Waals surface area contributed by atoms with Crippen LogP contribution in [0, 0.1) is 12.7 Å². The Morgan fingerprint density at radius 2 is 1.35 bits per heavy atom. The van der Waals surface area contributed by atoms with Crippen LogP contribution < -0.4 is 9.80 Å². The van der Waals surface area contributed by atoms with Crippen molar-refractivity contribution in [3.8, 4) is 22.3 Å². The summed E-state index contributed by atoms with van der Waals surface area (Å²) in [6.45, 7) is 7.00. The van der Waals surface area contributed by atoms with E-state index < -0.39 is 17.7 Å². The van der Waals surface area contributed by atoms with Gasteiger partial charge in [0, 0.05) is 49.7 Å². The number of nitrogens with zero attached hydrogens (tertiary/aromatic N) is 6. The highest BCUT2D eigenvalue weighted by Crippen LogP contribution is 2.30. The quantitative estimate of drug-likeness (QED) is 0.254. The molecular formula is C34H33FN6O2. The maximum Gasteiger partial charge on any atom is 0.310 e. The zero-order chi connectivity index (χ0) is 30.2. The highest BCUT2D eigenvalue weighted by atomic mass is 19.1. The first-order valence-corrected chi connectivity index (χ1v) is 14.1. The van der Waals surface area contributed by atoms with E-state index in [9.17, 15) is 9.18 Å². The number of aryl methyl sites for hydroxylation is 1. The number of hydrogen-bond donors (Lipinski definition) is 1. The first-order chi connectivity index (χ1) is 20.9. The summed E-state index contributed by atoms with van der Waals surface area (Å²) in [5, 5.41) is 17.7. The second-order valence-electron chi connectivity index (χ2n) is 10.3. The van der Waals surface area contributed by atoms with Crippen molar-refractivity contribution < 1.29 is 14.3 Å². The molecule has 8 nitrogen and oxygen atoms in total. The van der Waals surface area contributed by atoms with Crippen LogP contribution >= 0.6 is 0 Å². The number of aliphatic carboxylic acids is 1. The van der Waals surface area contributed by atoms with Gasteiger partial charge in [0.05, 0.1) is 11.6 Å². The monoisotopic (exact) mass is 576 g/mol. The Hall–Kier alpha value is -5.18. The summed E-state index contributed by atoms with van der Waals surface area (Å²) in [6.07, 6.45) is 3.57. The third-order valence-corrected chi connectivity index (χ3v) is 7.34. The third kappa shape index (κ3) is 7.19. The van der Waals surface area contributed by atoms with Crippen molar-refractivity contribution in [2.24, 2.45) is 0 Å². The van der Waals surface area contributed by atoms with Gasteiger partial charge in [-0.1, -0.05) is 72.8 Å². The zero-order valence-electron chi connectivity index (χ0n) is 24.1. The Morgan fingerprint density at radius 3 is 1.93 bits per heavy atom. The van der Waals surface area contributed by atoms with Gasteiger partial charge in [-0.2, -0.15) is 5.10 Å². The van der Waals surface area contributed by atoms with E-state index in [1.807, 2.05) is 49.4 Å². The van der Waals surface area contributed by atoms with Gasteiger partial charge in [-0.3, -0.25) is 4.79 Å². The average molecular weight is 577 g/mol. The van der Waals surface area contributed by atoms with Crippen molar-refractivity contribution in [1.29, 1.82) is 0 Å². The SMILES string of the molecule is C[C@@H](C(=O)O)c1ccc(-c2ccccc2)c(F)c1.Cc1cc(-c2ccccc2)c(N2CCN(c3ncccn3)CC2)nn1. The number of anilines is 2. The van der Waals surface area contributed by atoms with Crippen molar-refractivity contribution in [2.75, 3.05) is 36.0 Å². The maximum atomic E-state index is 14.0. The molecular weight excluding hydrogens is 543 g/mol. The Kier molecular flexibility index (Phi) is 9.31. The van der Waals surface area contributed by atoms with Gasteiger partial charge in [-0.05, 0) is 48.7 Å². The van der Waals surface area contributed by atoms with Crippen LogP contribution in [0.15, 0.2) is 103 Å². The lowest BCUT2D eigenvalue weighted by molar-refractivity contribution is -0.138. The lowest BCUT2D eigenvalue weighted by Gasteiger charge is -2.35. The molecule has 3 aromatic carbocycles. The van der Waals surface area contributed by atoms with Gasteiger partial charge in [-0.25, -0.2) is 14.4 Å². The molecule has 43 heavy (non-hydrogen) atoms. The van der Waals surface area contributed by atoms with Crippen molar-refractivity contribution in [1.82, 2.24) is 20.2 Å². The minimum absolute atomic E-state index is 0.396. The molecule has 1 aliphatic rings. The third-order valence-electron chi connectivity index (χ3n) is 7.34. The predicted octanol–water partition coefficient (Wildman–Crippen LogP) is 6.25. The summed E-state index contributed by atoms with van der Waals surface area (Å²) in [7, 11) is 0. The van der Waals surface area contributed by atoms with Gasteiger partial charge in [-0.15, -0.1) is 5.10 Å². The molecule has 0 radical (unpaired) electrons. The van der Waals surface area contributed by atoms with Crippen LogP contribution in [-0.2, 0) is 4.79 Å². The van der Waals surface area contributed by atoms with E-state index in [1.165, 1.54) is 11.6 Å². The Morgan fingerprint density at radius 1 is 0.767 bits per heavy atom. The number of benzene rings is 3. The summed E-state index contributed by atoms with van der Waals surface area (Å²) >= 11 is 0. The molecule has 0 unspecified atom stereocenters. The lowest BCUT2D eigenvalue weighted by Crippen LogP contribution is -2.47. The van der Waals surface area contributed by atoms with Gasteiger partial charge in [0.15, 0.2) is 5.82 Å². The minimum Gasteiger partial charge on any atom is -0.481 e. The lowest BCUT2D eigenvalue weighted by atomic mass is 9.97. The van der Waals surface area contributed by atoms with Crippen LogP contribution in [0.4, 0.5) is 16.2 Å². The molecule has 0 amide bonds. The smallest absolute Gasteiger partial charge is 0.310 e. The van der Waals surface area contributed by atoms with Crippen LogP contribution in [0.25, 0.3) is 22.3 Å². The largest absolute Gasteiger partial charge is 0.481 e. The normalized spacial score (nSPS) is 13.6. The van der Waals surface area contributed by atoms with E-state index in [1.54, 1.807) is 31.5 Å². The first kappa shape index (κ1) is 29.3. The number of carboxylic acid groups (broad SMARTS) is 1. The second-order valence-corrected chi connectivity index (χ2v) is 10.3. The molecule has 1 aliphatic heterocycles. The maximum absolute atomic E-state index is 14.0. The van der Waals surface area contributed by atoms with Gasteiger partial charge in [0.1, 0.15) is 5.82 Å². The summed E-state index contributed by atoms with van der Waals surface area (Å²) in [5.74, 6) is -0.316. The van der Waals surface area contributed by atoms with Crippen molar-refractivity contribution in [3.63, 3.8) is 0 Å². The zero-order valence-corrected chi connectivity index (χ0v) is 24.1. The molecule has 218 valence electrons. The Bertz CT molecular complexity index is 1650. The van der Waals surface area contributed by atoms with Crippen LogP contribution in [-0.4, -0.2) is 57.4 Å². The number of hydrogen-bond acceptors (Lipinski definition) is 7. The molecule has 0 saturated carbocycles. The van der Waals surface area contributed by atoms with Gasteiger partial charge in [0.2, 0.25) is 5.95 Å². The van der Waals surface area contributed by atoms with Crippen LogP contribution in [0.3, 0.4) is 0 Å². The minimum atomic E-state index is -0.957. The van der Waals surface area contributed by atoms with Crippen LogP contribution in [0.2, 0.25) is 0 Å². The van der Waals surface area contributed by atoms with Gasteiger partial charge in [0.25, 0.3) is 0 Å². The number of rotatable bonds is 6. The number of halogens is 1. The molecule has 1 fully saturated rings. The predicted molar refractivity (Wildman–Crippen MR) is 167 cm³/mol. The molecule has 9 heteroatoms. The molecule has 6 rings (SSSR count). The van der Waals surface area contributed by atoms with Gasteiger partial charge < -0.3 is 14.9 Å². The topological polar surface area (TPSA) is 95.3 Å². The first-order valence-electron chi connectivity index (χ1n) is 14.1.